The number of rotatable bonds is 5. The molecule has 0 aromatic heterocycles. The van der Waals surface area contributed by atoms with Crippen molar-refractivity contribution < 1.29 is 23.0 Å². The van der Waals surface area contributed by atoms with Crippen molar-refractivity contribution in [2.75, 3.05) is 7.11 Å². The van der Waals surface area contributed by atoms with Crippen LogP contribution in [0.4, 0.5) is 8.78 Å². The Hall–Kier alpha value is -1.87. The second kappa shape index (κ2) is 6.90. The molecule has 1 rings (SSSR count). The van der Waals surface area contributed by atoms with Crippen LogP contribution in [0.25, 0.3) is 0 Å². The van der Waals surface area contributed by atoms with Gasteiger partial charge in [0.15, 0.2) is 0 Å². The maximum absolute atomic E-state index is 12.1. The molecule has 0 unspecified atom stereocenters. The van der Waals surface area contributed by atoms with Crippen LogP contribution < -0.4 is 4.74 Å². The van der Waals surface area contributed by atoms with Gasteiger partial charge >= 0.3 is 12.6 Å². The Morgan fingerprint density at radius 1 is 1.53 bits per heavy atom. The zero-order valence-electron chi connectivity index (χ0n) is 9.95. The molecule has 0 heterocycles. The fourth-order valence-corrected chi connectivity index (χ4v) is 1.76. The number of alkyl halides is 3. The smallest absolute Gasteiger partial charge is 0.387 e. The van der Waals surface area contributed by atoms with E-state index in [1.54, 1.807) is 0 Å². The number of esters is 1. The van der Waals surface area contributed by atoms with Crippen molar-refractivity contribution in [1.29, 1.82) is 5.26 Å². The summed E-state index contributed by atoms with van der Waals surface area (Å²) >= 11 is 5.69. The van der Waals surface area contributed by atoms with Gasteiger partial charge in [-0.3, -0.25) is 4.79 Å². The van der Waals surface area contributed by atoms with Gasteiger partial charge in [-0.05, 0) is 23.3 Å². The lowest BCUT2D eigenvalue weighted by molar-refractivity contribution is -0.139. The minimum atomic E-state index is -3.00. The number of hydrogen-bond donors (Lipinski definition) is 0. The van der Waals surface area contributed by atoms with Crippen molar-refractivity contribution >= 4 is 17.6 Å². The van der Waals surface area contributed by atoms with Crippen molar-refractivity contribution in [2.45, 2.75) is 18.9 Å². The molecule has 102 valence electrons. The zero-order valence-corrected chi connectivity index (χ0v) is 10.7. The van der Waals surface area contributed by atoms with E-state index in [0.29, 0.717) is 11.1 Å². The number of methoxy groups -OCH3 is 1. The number of nitrogens with zero attached hydrogens (tertiary/aromatic N) is 1. The van der Waals surface area contributed by atoms with E-state index in [2.05, 4.69) is 9.47 Å². The standard InChI is InChI=1S/C12H10ClF2NO3/c1-18-11(17)4-10-7(5-13)2-9(19-12(14)15)3-8(10)6-16/h2-3,12H,4-5H2,1H3. The molecule has 0 bridgehead atoms. The van der Waals surface area contributed by atoms with E-state index in [1.807, 2.05) is 6.07 Å². The van der Waals surface area contributed by atoms with Gasteiger partial charge in [0.25, 0.3) is 0 Å². The predicted molar refractivity (Wildman–Crippen MR) is 63.1 cm³/mol. The SMILES string of the molecule is COC(=O)Cc1c(C#N)cc(OC(F)F)cc1CCl. The molecule has 0 aliphatic heterocycles. The number of ether oxygens (including phenoxy) is 2. The summed E-state index contributed by atoms with van der Waals surface area (Å²) in [6.45, 7) is -3.00. The summed E-state index contributed by atoms with van der Waals surface area (Å²) in [7, 11) is 1.21. The number of halogens is 3. The number of carbonyl (C=O) groups excluding carboxylic acids is 1. The van der Waals surface area contributed by atoms with Gasteiger partial charge in [-0.25, -0.2) is 0 Å². The Balaban J connectivity index is 3.22. The lowest BCUT2D eigenvalue weighted by Crippen LogP contribution is -2.10. The van der Waals surface area contributed by atoms with Crippen molar-refractivity contribution in [1.82, 2.24) is 0 Å². The van der Waals surface area contributed by atoms with Crippen LogP contribution in [0.5, 0.6) is 5.75 Å². The lowest BCUT2D eigenvalue weighted by atomic mass is 9.99. The van der Waals surface area contributed by atoms with E-state index in [-0.39, 0.29) is 23.6 Å². The minimum absolute atomic E-state index is 0.0402. The topological polar surface area (TPSA) is 59.3 Å². The van der Waals surface area contributed by atoms with Gasteiger partial charge in [0.1, 0.15) is 5.75 Å². The third-order valence-electron chi connectivity index (χ3n) is 2.35. The molecule has 0 fully saturated rings. The van der Waals surface area contributed by atoms with Crippen molar-refractivity contribution in [3.05, 3.63) is 28.8 Å². The summed E-state index contributed by atoms with van der Waals surface area (Å²) in [5, 5.41) is 8.99. The molecule has 0 spiro atoms. The molecule has 7 heteroatoms. The summed E-state index contributed by atoms with van der Waals surface area (Å²) < 4.78 is 33.0. The Kier molecular flexibility index (Phi) is 5.52. The molecule has 0 aliphatic rings. The Morgan fingerprint density at radius 2 is 2.21 bits per heavy atom. The highest BCUT2D eigenvalue weighted by molar-refractivity contribution is 6.17. The highest BCUT2D eigenvalue weighted by atomic mass is 35.5. The molecule has 0 aliphatic carbocycles. The predicted octanol–water partition coefficient (Wildman–Crippen LogP) is 2.61. The quantitative estimate of drug-likeness (QED) is 0.617. The van der Waals surface area contributed by atoms with Gasteiger partial charge in [0.05, 0.1) is 25.2 Å². The minimum Gasteiger partial charge on any atom is -0.469 e. The van der Waals surface area contributed by atoms with E-state index in [4.69, 9.17) is 16.9 Å². The average molecular weight is 290 g/mol. The summed E-state index contributed by atoms with van der Waals surface area (Å²) in [5.41, 5.74) is 0.784. The first-order chi connectivity index (χ1) is 9.01. The fraction of sp³-hybridized carbons (Fsp3) is 0.333. The molecule has 0 saturated heterocycles. The molecular weight excluding hydrogens is 280 g/mol. The van der Waals surface area contributed by atoms with Crippen LogP contribution in [-0.2, 0) is 21.8 Å². The molecular formula is C12H10ClF2NO3. The summed E-state index contributed by atoms with van der Waals surface area (Å²) in [6.07, 6.45) is -0.156. The van der Waals surface area contributed by atoms with Crippen LogP contribution in [-0.4, -0.2) is 19.7 Å². The lowest BCUT2D eigenvalue weighted by Gasteiger charge is -2.12. The molecule has 1 aromatic carbocycles. The van der Waals surface area contributed by atoms with Gasteiger partial charge in [0.2, 0.25) is 0 Å². The Labute approximate surface area is 113 Å². The summed E-state index contributed by atoms with van der Waals surface area (Å²) in [4.78, 5) is 11.3. The second-order valence-electron chi connectivity index (χ2n) is 3.49. The van der Waals surface area contributed by atoms with Gasteiger partial charge in [-0.2, -0.15) is 14.0 Å². The van der Waals surface area contributed by atoms with E-state index in [0.717, 1.165) is 6.07 Å². The number of hydrogen-bond acceptors (Lipinski definition) is 4. The molecule has 0 saturated carbocycles. The second-order valence-corrected chi connectivity index (χ2v) is 3.75. The number of benzene rings is 1. The van der Waals surface area contributed by atoms with Crippen LogP contribution >= 0.6 is 11.6 Å². The molecule has 0 atom stereocenters. The third kappa shape index (κ3) is 4.07. The maximum atomic E-state index is 12.1. The summed E-state index contributed by atoms with van der Waals surface area (Å²) in [5.74, 6) is -0.761. The highest BCUT2D eigenvalue weighted by Crippen LogP contribution is 2.26. The van der Waals surface area contributed by atoms with Crippen molar-refractivity contribution in [3.63, 3.8) is 0 Å². The van der Waals surface area contributed by atoms with Gasteiger partial charge < -0.3 is 9.47 Å². The van der Waals surface area contributed by atoms with Crippen LogP contribution in [0.3, 0.4) is 0 Å². The normalized spacial score (nSPS) is 10.1. The Morgan fingerprint density at radius 3 is 2.68 bits per heavy atom. The first-order valence-electron chi connectivity index (χ1n) is 5.15. The first kappa shape index (κ1) is 15.2. The molecule has 0 amide bonds. The number of nitriles is 1. The van der Waals surface area contributed by atoms with Crippen molar-refractivity contribution in [3.8, 4) is 11.8 Å². The van der Waals surface area contributed by atoms with Gasteiger partial charge in [-0.1, -0.05) is 0 Å². The fourth-order valence-electron chi connectivity index (χ4n) is 1.52. The maximum Gasteiger partial charge on any atom is 0.387 e. The Bertz CT molecular complexity index is 514. The highest BCUT2D eigenvalue weighted by Gasteiger charge is 2.16. The van der Waals surface area contributed by atoms with E-state index in [9.17, 15) is 13.6 Å². The van der Waals surface area contributed by atoms with E-state index >= 15 is 0 Å². The molecule has 4 nitrogen and oxygen atoms in total. The number of carbonyl (C=O) groups is 1. The molecule has 1 aromatic rings. The van der Waals surface area contributed by atoms with E-state index in [1.165, 1.54) is 13.2 Å². The van der Waals surface area contributed by atoms with Crippen LogP contribution in [0, 0.1) is 11.3 Å². The van der Waals surface area contributed by atoms with Crippen LogP contribution in [0.15, 0.2) is 12.1 Å². The average Bonchev–Trinajstić information content (AvgIpc) is 2.38. The zero-order chi connectivity index (χ0) is 14.4. The van der Waals surface area contributed by atoms with Gasteiger partial charge in [0, 0.05) is 5.88 Å². The first-order valence-corrected chi connectivity index (χ1v) is 5.68. The monoisotopic (exact) mass is 289 g/mol. The van der Waals surface area contributed by atoms with E-state index < -0.39 is 12.6 Å². The molecule has 0 N–H and O–H groups in total. The van der Waals surface area contributed by atoms with Crippen molar-refractivity contribution in [2.24, 2.45) is 0 Å². The molecule has 0 radical (unpaired) electrons. The molecule has 19 heavy (non-hydrogen) atoms. The largest absolute Gasteiger partial charge is 0.469 e. The van der Waals surface area contributed by atoms with Gasteiger partial charge in [-0.15, -0.1) is 11.6 Å². The third-order valence-corrected chi connectivity index (χ3v) is 2.64. The van der Waals surface area contributed by atoms with Crippen LogP contribution in [0.2, 0.25) is 0 Å². The summed E-state index contributed by atoms with van der Waals surface area (Å²) in [6, 6.07) is 4.24. The van der Waals surface area contributed by atoms with Crippen LogP contribution in [0.1, 0.15) is 16.7 Å².